The number of halogens is 1. The Morgan fingerprint density at radius 3 is 3.00 bits per heavy atom. The zero-order valence-electron chi connectivity index (χ0n) is 9.54. The molecule has 1 fully saturated rings. The zero-order chi connectivity index (χ0) is 11.5. The standard InChI is InChI=1S/C12H18ClN3/c1-16-6-2-3-10(8-16)15-12-5-4-9(13)7-11(12)14/h4-5,7,10,15H,2-3,6,8,14H2,1H3. The molecule has 0 aromatic heterocycles. The quantitative estimate of drug-likeness (QED) is 0.779. The fourth-order valence-corrected chi connectivity index (χ4v) is 2.35. The molecule has 1 aromatic carbocycles. The predicted molar refractivity (Wildman–Crippen MR) is 70.0 cm³/mol. The number of piperidine rings is 1. The summed E-state index contributed by atoms with van der Waals surface area (Å²) in [5.41, 5.74) is 7.63. The van der Waals surface area contributed by atoms with E-state index in [9.17, 15) is 0 Å². The summed E-state index contributed by atoms with van der Waals surface area (Å²) < 4.78 is 0. The fraction of sp³-hybridized carbons (Fsp3) is 0.500. The van der Waals surface area contributed by atoms with Crippen molar-refractivity contribution in [2.24, 2.45) is 0 Å². The number of hydrogen-bond acceptors (Lipinski definition) is 3. The Kier molecular flexibility index (Phi) is 3.56. The van der Waals surface area contributed by atoms with E-state index in [0.29, 0.717) is 11.1 Å². The number of likely N-dealkylation sites (tertiary alicyclic amines) is 1. The molecule has 0 amide bonds. The smallest absolute Gasteiger partial charge is 0.0577 e. The highest BCUT2D eigenvalue weighted by molar-refractivity contribution is 6.31. The number of rotatable bonds is 2. The van der Waals surface area contributed by atoms with E-state index in [1.165, 1.54) is 19.4 Å². The summed E-state index contributed by atoms with van der Waals surface area (Å²) in [7, 11) is 2.15. The van der Waals surface area contributed by atoms with Crippen LogP contribution in [0, 0.1) is 0 Å². The topological polar surface area (TPSA) is 41.3 Å². The summed E-state index contributed by atoms with van der Waals surface area (Å²) in [6.45, 7) is 2.26. The lowest BCUT2D eigenvalue weighted by Crippen LogP contribution is -2.39. The molecule has 2 rings (SSSR count). The summed E-state index contributed by atoms with van der Waals surface area (Å²) in [6, 6.07) is 6.09. The van der Waals surface area contributed by atoms with E-state index in [4.69, 9.17) is 17.3 Å². The van der Waals surface area contributed by atoms with Crippen molar-refractivity contribution in [3.8, 4) is 0 Å². The van der Waals surface area contributed by atoms with E-state index in [1.807, 2.05) is 12.1 Å². The van der Waals surface area contributed by atoms with Gasteiger partial charge in [0.1, 0.15) is 0 Å². The van der Waals surface area contributed by atoms with Crippen molar-refractivity contribution < 1.29 is 0 Å². The summed E-state index contributed by atoms with van der Waals surface area (Å²) in [5.74, 6) is 0. The van der Waals surface area contributed by atoms with Gasteiger partial charge in [-0.3, -0.25) is 0 Å². The average Bonchev–Trinajstić information content (AvgIpc) is 2.22. The largest absolute Gasteiger partial charge is 0.397 e. The molecule has 88 valence electrons. The molecule has 4 heteroatoms. The molecule has 0 bridgehead atoms. The van der Waals surface area contributed by atoms with E-state index in [0.717, 1.165) is 17.9 Å². The Morgan fingerprint density at radius 1 is 1.50 bits per heavy atom. The number of nitrogens with one attached hydrogen (secondary N) is 1. The second-order valence-corrected chi connectivity index (χ2v) is 4.91. The van der Waals surface area contributed by atoms with Crippen molar-refractivity contribution in [1.29, 1.82) is 0 Å². The Bertz CT molecular complexity index is 367. The summed E-state index contributed by atoms with van der Waals surface area (Å²) >= 11 is 5.87. The number of anilines is 2. The first-order valence-electron chi connectivity index (χ1n) is 5.65. The maximum absolute atomic E-state index is 5.91. The number of nitrogens with two attached hydrogens (primary N) is 1. The second-order valence-electron chi connectivity index (χ2n) is 4.48. The van der Waals surface area contributed by atoms with Gasteiger partial charge in [-0.2, -0.15) is 0 Å². The molecular formula is C12H18ClN3. The maximum atomic E-state index is 5.91. The van der Waals surface area contributed by atoms with Gasteiger partial charge in [0, 0.05) is 17.6 Å². The van der Waals surface area contributed by atoms with Crippen molar-refractivity contribution in [3.63, 3.8) is 0 Å². The Labute approximate surface area is 102 Å². The first kappa shape index (κ1) is 11.6. The van der Waals surface area contributed by atoms with E-state index in [2.05, 4.69) is 17.3 Å². The molecule has 1 saturated heterocycles. The normalized spacial score (nSPS) is 22.0. The van der Waals surface area contributed by atoms with Crippen LogP contribution >= 0.6 is 11.6 Å². The van der Waals surface area contributed by atoms with Crippen molar-refractivity contribution in [2.75, 3.05) is 31.2 Å². The third-order valence-electron chi connectivity index (χ3n) is 3.00. The minimum Gasteiger partial charge on any atom is -0.397 e. The molecular weight excluding hydrogens is 222 g/mol. The third kappa shape index (κ3) is 2.80. The van der Waals surface area contributed by atoms with Crippen LogP contribution in [0.4, 0.5) is 11.4 Å². The Hall–Kier alpha value is -0.930. The lowest BCUT2D eigenvalue weighted by molar-refractivity contribution is 0.261. The highest BCUT2D eigenvalue weighted by Crippen LogP contribution is 2.24. The van der Waals surface area contributed by atoms with Crippen molar-refractivity contribution >= 4 is 23.0 Å². The second kappa shape index (κ2) is 4.93. The molecule has 1 heterocycles. The van der Waals surface area contributed by atoms with Crippen LogP contribution < -0.4 is 11.1 Å². The molecule has 0 saturated carbocycles. The van der Waals surface area contributed by atoms with Crippen molar-refractivity contribution in [3.05, 3.63) is 23.2 Å². The summed E-state index contributed by atoms with van der Waals surface area (Å²) in [5, 5.41) is 4.17. The van der Waals surface area contributed by atoms with Gasteiger partial charge in [-0.1, -0.05) is 11.6 Å². The first-order valence-corrected chi connectivity index (χ1v) is 6.03. The van der Waals surface area contributed by atoms with Crippen LogP contribution in [0.5, 0.6) is 0 Å². The van der Waals surface area contributed by atoms with Gasteiger partial charge in [0.05, 0.1) is 11.4 Å². The first-order chi connectivity index (χ1) is 7.65. The van der Waals surface area contributed by atoms with Gasteiger partial charge in [-0.15, -0.1) is 0 Å². The zero-order valence-corrected chi connectivity index (χ0v) is 10.3. The predicted octanol–water partition coefficient (Wildman–Crippen LogP) is 2.43. The molecule has 0 aliphatic carbocycles. The minimum atomic E-state index is 0.488. The molecule has 16 heavy (non-hydrogen) atoms. The number of nitrogens with zero attached hydrogens (tertiary/aromatic N) is 1. The molecule has 1 aromatic rings. The van der Waals surface area contributed by atoms with Crippen LogP contribution in [-0.2, 0) is 0 Å². The van der Waals surface area contributed by atoms with Crippen LogP contribution in [0.3, 0.4) is 0 Å². The van der Waals surface area contributed by atoms with E-state index in [1.54, 1.807) is 6.07 Å². The number of hydrogen-bond donors (Lipinski definition) is 2. The minimum absolute atomic E-state index is 0.488. The molecule has 1 aliphatic rings. The van der Waals surface area contributed by atoms with Gasteiger partial charge < -0.3 is 16.0 Å². The van der Waals surface area contributed by atoms with Crippen molar-refractivity contribution in [1.82, 2.24) is 4.90 Å². The fourth-order valence-electron chi connectivity index (χ4n) is 2.17. The molecule has 1 atom stereocenters. The molecule has 3 N–H and O–H groups in total. The van der Waals surface area contributed by atoms with Gasteiger partial charge >= 0.3 is 0 Å². The van der Waals surface area contributed by atoms with Crippen LogP contribution in [0.2, 0.25) is 5.02 Å². The number of likely N-dealkylation sites (N-methyl/N-ethyl adjacent to an activating group) is 1. The van der Waals surface area contributed by atoms with Gasteiger partial charge in [0.15, 0.2) is 0 Å². The number of nitrogen functional groups attached to an aromatic ring is 1. The van der Waals surface area contributed by atoms with E-state index >= 15 is 0 Å². The summed E-state index contributed by atoms with van der Waals surface area (Å²) in [6.07, 6.45) is 2.44. The molecule has 1 unspecified atom stereocenters. The highest BCUT2D eigenvalue weighted by Gasteiger charge is 2.17. The van der Waals surface area contributed by atoms with Gasteiger partial charge in [-0.05, 0) is 44.6 Å². The van der Waals surface area contributed by atoms with Crippen LogP contribution in [-0.4, -0.2) is 31.1 Å². The molecule has 3 nitrogen and oxygen atoms in total. The van der Waals surface area contributed by atoms with Crippen molar-refractivity contribution in [2.45, 2.75) is 18.9 Å². The highest BCUT2D eigenvalue weighted by atomic mass is 35.5. The lowest BCUT2D eigenvalue weighted by Gasteiger charge is -2.31. The monoisotopic (exact) mass is 239 g/mol. The van der Waals surface area contributed by atoms with E-state index < -0.39 is 0 Å². The average molecular weight is 240 g/mol. The lowest BCUT2D eigenvalue weighted by atomic mass is 10.1. The van der Waals surface area contributed by atoms with Gasteiger partial charge in [0.2, 0.25) is 0 Å². The van der Waals surface area contributed by atoms with Gasteiger partial charge in [0.25, 0.3) is 0 Å². The summed E-state index contributed by atoms with van der Waals surface area (Å²) in [4.78, 5) is 2.34. The SMILES string of the molecule is CN1CCCC(Nc2ccc(Cl)cc2N)C1. The molecule has 1 aliphatic heterocycles. The molecule has 0 radical (unpaired) electrons. The van der Waals surface area contributed by atoms with Gasteiger partial charge in [-0.25, -0.2) is 0 Å². The van der Waals surface area contributed by atoms with E-state index in [-0.39, 0.29) is 0 Å². The van der Waals surface area contributed by atoms with Crippen LogP contribution in [0.25, 0.3) is 0 Å². The number of benzene rings is 1. The molecule has 0 spiro atoms. The van der Waals surface area contributed by atoms with Crippen LogP contribution in [0.15, 0.2) is 18.2 Å². The third-order valence-corrected chi connectivity index (χ3v) is 3.23. The Balaban J connectivity index is 2.02. The van der Waals surface area contributed by atoms with Crippen LogP contribution in [0.1, 0.15) is 12.8 Å². The maximum Gasteiger partial charge on any atom is 0.0577 e. The Morgan fingerprint density at radius 2 is 2.31 bits per heavy atom.